The topological polar surface area (TPSA) is 114 Å². The summed E-state index contributed by atoms with van der Waals surface area (Å²) >= 11 is 0.946. The van der Waals surface area contributed by atoms with E-state index in [2.05, 4.69) is 15.5 Å². The molecule has 0 aliphatic carbocycles. The van der Waals surface area contributed by atoms with Crippen LogP contribution >= 0.6 is 11.3 Å². The van der Waals surface area contributed by atoms with Gasteiger partial charge in [-0.15, -0.1) is 10.2 Å². The summed E-state index contributed by atoms with van der Waals surface area (Å²) in [5.41, 5.74) is 0.529. The van der Waals surface area contributed by atoms with Crippen LogP contribution < -0.4 is 14.8 Å². The molecule has 32 heavy (non-hydrogen) atoms. The molecule has 0 radical (unpaired) electrons. The second-order valence-corrected chi connectivity index (χ2v) is 9.03. The molecule has 10 nitrogen and oxygen atoms in total. The number of benzene rings is 1. The third kappa shape index (κ3) is 4.12. The number of nitrogens with zero attached hydrogens (tertiary/aromatic N) is 4. The van der Waals surface area contributed by atoms with E-state index in [1.807, 2.05) is 4.90 Å². The molecule has 3 aliphatic rings. The number of hydrogen-bond acceptors (Lipinski definition) is 8. The lowest BCUT2D eigenvalue weighted by Gasteiger charge is -2.33. The Labute approximate surface area is 188 Å². The van der Waals surface area contributed by atoms with Crippen molar-refractivity contribution in [2.45, 2.75) is 25.7 Å². The van der Waals surface area contributed by atoms with Gasteiger partial charge < -0.3 is 24.6 Å². The number of aromatic nitrogens is 2. The quantitative estimate of drug-likeness (QED) is 0.747. The molecule has 0 saturated carbocycles. The Morgan fingerprint density at radius 3 is 2.56 bits per heavy atom. The van der Waals surface area contributed by atoms with Gasteiger partial charge in [-0.3, -0.25) is 14.4 Å². The van der Waals surface area contributed by atoms with Crippen LogP contribution in [0, 0.1) is 5.92 Å². The molecular weight excluding hydrogens is 434 g/mol. The average Bonchev–Trinajstić information content (AvgIpc) is 3.59. The molecule has 1 aromatic carbocycles. The third-order valence-electron chi connectivity index (χ3n) is 5.91. The smallest absolute Gasteiger partial charge is 0.286 e. The molecule has 3 amide bonds. The first kappa shape index (κ1) is 20.7. The van der Waals surface area contributed by atoms with Crippen LogP contribution in [0.4, 0.5) is 5.69 Å². The highest BCUT2D eigenvalue weighted by molar-refractivity contribution is 7.15. The van der Waals surface area contributed by atoms with Gasteiger partial charge in [-0.05, 0) is 37.8 Å². The lowest BCUT2D eigenvalue weighted by atomic mass is 9.96. The standard InChI is InChI=1S/C21H23N5O5S/c27-17(22-14-5-6-15-16(10-14)31-12-30-15)18-23-24-19(32-18)21(29)26-9-3-4-13(11-26)20(28)25-7-1-2-8-25/h5-6,10,13H,1-4,7-9,11-12H2,(H,22,27)/t13-/m1/s1. The largest absolute Gasteiger partial charge is 0.454 e. The maximum Gasteiger partial charge on any atom is 0.286 e. The van der Waals surface area contributed by atoms with E-state index in [-0.39, 0.29) is 34.5 Å². The first-order chi connectivity index (χ1) is 15.6. The van der Waals surface area contributed by atoms with Crippen molar-refractivity contribution in [2.24, 2.45) is 5.92 Å². The second kappa shape index (κ2) is 8.73. The molecule has 1 atom stereocenters. The SMILES string of the molecule is O=C(Nc1ccc2c(c1)OCO2)c1nnc(C(=O)N2CCC[C@@H](C(=O)N3CCCC3)C2)s1. The van der Waals surface area contributed by atoms with Gasteiger partial charge in [0.05, 0.1) is 5.92 Å². The molecule has 0 unspecified atom stereocenters. The summed E-state index contributed by atoms with van der Waals surface area (Å²) in [6.07, 6.45) is 3.65. The summed E-state index contributed by atoms with van der Waals surface area (Å²) in [5, 5.41) is 10.8. The highest BCUT2D eigenvalue weighted by Crippen LogP contribution is 2.34. The van der Waals surface area contributed by atoms with E-state index < -0.39 is 5.91 Å². The number of ether oxygens (including phenoxy) is 2. The predicted molar refractivity (Wildman–Crippen MR) is 115 cm³/mol. The molecule has 2 aromatic rings. The molecular formula is C21H23N5O5S. The van der Waals surface area contributed by atoms with E-state index in [0.717, 1.165) is 50.1 Å². The van der Waals surface area contributed by atoms with Crippen LogP contribution in [0.15, 0.2) is 18.2 Å². The Bertz CT molecular complexity index is 1050. The second-order valence-electron chi connectivity index (χ2n) is 8.06. The fourth-order valence-corrected chi connectivity index (χ4v) is 4.96. The molecule has 5 rings (SSSR count). The molecule has 2 fully saturated rings. The van der Waals surface area contributed by atoms with Crippen LogP contribution in [0.1, 0.15) is 45.3 Å². The average molecular weight is 458 g/mol. The molecule has 1 aromatic heterocycles. The van der Waals surface area contributed by atoms with E-state index in [1.165, 1.54) is 0 Å². The zero-order valence-electron chi connectivity index (χ0n) is 17.4. The minimum absolute atomic E-state index is 0.0905. The van der Waals surface area contributed by atoms with Gasteiger partial charge in [-0.25, -0.2) is 0 Å². The van der Waals surface area contributed by atoms with Gasteiger partial charge in [-0.1, -0.05) is 11.3 Å². The summed E-state index contributed by atoms with van der Waals surface area (Å²) in [6.45, 7) is 2.71. The fourth-order valence-electron chi connectivity index (χ4n) is 4.25. The van der Waals surface area contributed by atoms with Crippen molar-refractivity contribution in [2.75, 3.05) is 38.3 Å². The van der Waals surface area contributed by atoms with Crippen molar-refractivity contribution in [3.8, 4) is 11.5 Å². The molecule has 0 spiro atoms. The van der Waals surface area contributed by atoms with Crippen molar-refractivity contribution in [1.82, 2.24) is 20.0 Å². The van der Waals surface area contributed by atoms with E-state index in [0.29, 0.717) is 30.3 Å². The number of anilines is 1. The van der Waals surface area contributed by atoms with Gasteiger partial charge in [0, 0.05) is 37.9 Å². The predicted octanol–water partition coefficient (Wildman–Crippen LogP) is 1.99. The third-order valence-corrected chi connectivity index (χ3v) is 6.82. The van der Waals surface area contributed by atoms with E-state index >= 15 is 0 Å². The summed E-state index contributed by atoms with van der Waals surface area (Å²) < 4.78 is 10.6. The van der Waals surface area contributed by atoms with Crippen LogP contribution in [0.2, 0.25) is 0 Å². The highest BCUT2D eigenvalue weighted by atomic mass is 32.1. The number of carbonyl (C=O) groups excluding carboxylic acids is 3. The monoisotopic (exact) mass is 457 g/mol. The number of rotatable bonds is 4. The zero-order valence-corrected chi connectivity index (χ0v) is 18.2. The van der Waals surface area contributed by atoms with Crippen LogP contribution in [0.5, 0.6) is 11.5 Å². The minimum atomic E-state index is -0.457. The van der Waals surface area contributed by atoms with Gasteiger partial charge in [0.25, 0.3) is 11.8 Å². The molecule has 4 heterocycles. The number of amides is 3. The Morgan fingerprint density at radius 1 is 0.969 bits per heavy atom. The fraction of sp³-hybridized carbons (Fsp3) is 0.476. The van der Waals surface area contributed by atoms with Gasteiger partial charge in [0.1, 0.15) is 0 Å². The Hall–Kier alpha value is -3.21. The van der Waals surface area contributed by atoms with Gasteiger partial charge in [-0.2, -0.15) is 0 Å². The van der Waals surface area contributed by atoms with Crippen LogP contribution in [0.25, 0.3) is 0 Å². The molecule has 0 bridgehead atoms. The maximum atomic E-state index is 13.0. The number of hydrogen-bond donors (Lipinski definition) is 1. The van der Waals surface area contributed by atoms with Gasteiger partial charge in [0.15, 0.2) is 11.5 Å². The van der Waals surface area contributed by atoms with Crippen LogP contribution in [0.3, 0.4) is 0 Å². The van der Waals surface area contributed by atoms with Crippen LogP contribution in [-0.4, -0.2) is 70.7 Å². The maximum absolute atomic E-state index is 13.0. The van der Waals surface area contributed by atoms with Crippen molar-refractivity contribution in [3.63, 3.8) is 0 Å². The Kier molecular flexibility index (Phi) is 5.64. The van der Waals surface area contributed by atoms with Crippen LogP contribution in [-0.2, 0) is 4.79 Å². The Balaban J connectivity index is 1.22. The van der Waals surface area contributed by atoms with Crippen molar-refractivity contribution >= 4 is 34.7 Å². The first-order valence-electron chi connectivity index (χ1n) is 10.7. The van der Waals surface area contributed by atoms with Gasteiger partial charge in [0.2, 0.25) is 22.7 Å². The van der Waals surface area contributed by atoms with E-state index in [4.69, 9.17) is 9.47 Å². The number of carbonyl (C=O) groups is 3. The van der Waals surface area contributed by atoms with Crippen molar-refractivity contribution < 1.29 is 23.9 Å². The van der Waals surface area contributed by atoms with Gasteiger partial charge >= 0.3 is 0 Å². The number of piperidine rings is 1. The number of nitrogens with one attached hydrogen (secondary N) is 1. The highest BCUT2D eigenvalue weighted by Gasteiger charge is 2.33. The summed E-state index contributed by atoms with van der Waals surface area (Å²) in [4.78, 5) is 41.8. The Morgan fingerprint density at radius 2 is 1.72 bits per heavy atom. The molecule has 2 saturated heterocycles. The molecule has 168 valence electrons. The van der Waals surface area contributed by atoms with E-state index in [9.17, 15) is 14.4 Å². The van der Waals surface area contributed by atoms with Crippen molar-refractivity contribution in [1.29, 1.82) is 0 Å². The normalized spacial score (nSPS) is 19.8. The lowest BCUT2D eigenvalue weighted by molar-refractivity contribution is -0.135. The number of likely N-dealkylation sites (tertiary alicyclic amines) is 2. The summed E-state index contributed by atoms with van der Waals surface area (Å²) in [6, 6.07) is 5.07. The zero-order chi connectivity index (χ0) is 22.1. The molecule has 11 heteroatoms. The summed E-state index contributed by atoms with van der Waals surface area (Å²) in [7, 11) is 0. The summed E-state index contributed by atoms with van der Waals surface area (Å²) in [5.74, 6) is 0.396. The molecule has 1 N–H and O–H groups in total. The molecule has 3 aliphatic heterocycles. The first-order valence-corrected chi connectivity index (χ1v) is 11.5. The number of fused-ring (bicyclic) bond motifs is 1. The van der Waals surface area contributed by atoms with E-state index in [1.54, 1.807) is 23.1 Å². The lowest BCUT2D eigenvalue weighted by Crippen LogP contribution is -2.46. The van der Waals surface area contributed by atoms with Crippen molar-refractivity contribution in [3.05, 3.63) is 28.2 Å². The minimum Gasteiger partial charge on any atom is -0.454 e.